The van der Waals surface area contributed by atoms with Crippen LogP contribution in [0.1, 0.15) is 32.1 Å². The first-order valence-corrected chi connectivity index (χ1v) is 6.94. The molecule has 3 rings (SSSR count). The first kappa shape index (κ1) is 12.6. The minimum absolute atomic E-state index is 0.200. The van der Waals surface area contributed by atoms with E-state index in [1.165, 1.54) is 12.1 Å². The van der Waals surface area contributed by atoms with Gasteiger partial charge in [0, 0.05) is 18.3 Å². The van der Waals surface area contributed by atoms with Crippen LogP contribution in [0.5, 0.6) is 0 Å². The minimum atomic E-state index is -0.270. The van der Waals surface area contributed by atoms with Gasteiger partial charge in [-0.1, -0.05) is 0 Å². The lowest BCUT2D eigenvalue weighted by Crippen LogP contribution is -2.40. The molecular formula is C15H19FN2O. The highest BCUT2D eigenvalue weighted by molar-refractivity contribution is 5.99. The fraction of sp³-hybridized carbons (Fsp3) is 0.533. The molecule has 0 aromatic heterocycles. The number of rotatable bonds is 1. The highest BCUT2D eigenvalue weighted by atomic mass is 19.1. The highest BCUT2D eigenvalue weighted by Crippen LogP contribution is 2.45. The van der Waals surface area contributed by atoms with E-state index in [4.69, 9.17) is 5.73 Å². The van der Waals surface area contributed by atoms with Crippen LogP contribution in [0.2, 0.25) is 0 Å². The Kier molecular flexibility index (Phi) is 3.05. The zero-order valence-electron chi connectivity index (χ0n) is 10.9. The lowest BCUT2D eigenvalue weighted by molar-refractivity contribution is -0.127. The normalized spacial score (nSPS) is 31.2. The van der Waals surface area contributed by atoms with Crippen LogP contribution < -0.4 is 10.6 Å². The van der Waals surface area contributed by atoms with Crippen LogP contribution in [0.15, 0.2) is 24.3 Å². The maximum Gasteiger partial charge on any atom is 0.233 e. The Labute approximate surface area is 112 Å². The lowest BCUT2D eigenvalue weighted by atomic mass is 9.71. The average molecular weight is 262 g/mol. The molecule has 1 aliphatic heterocycles. The summed E-state index contributed by atoms with van der Waals surface area (Å²) in [5.74, 6) is -0.0697. The summed E-state index contributed by atoms with van der Waals surface area (Å²) in [5.41, 5.74) is 6.53. The smallest absolute Gasteiger partial charge is 0.233 e. The Balaban J connectivity index is 1.80. The summed E-state index contributed by atoms with van der Waals surface area (Å²) in [6, 6.07) is 6.43. The molecule has 19 heavy (non-hydrogen) atoms. The molecule has 1 aromatic rings. The molecule has 2 aliphatic rings. The summed E-state index contributed by atoms with van der Waals surface area (Å²) in [6.07, 6.45) is 4.55. The second kappa shape index (κ2) is 4.60. The van der Waals surface area contributed by atoms with Gasteiger partial charge in [-0.05, 0) is 56.4 Å². The number of hydrogen-bond acceptors (Lipinski definition) is 2. The van der Waals surface area contributed by atoms with E-state index >= 15 is 0 Å². The number of anilines is 1. The fourth-order valence-electron chi connectivity index (χ4n) is 3.34. The number of nitrogens with two attached hydrogens (primary N) is 1. The van der Waals surface area contributed by atoms with Crippen molar-refractivity contribution in [1.29, 1.82) is 0 Å². The van der Waals surface area contributed by atoms with E-state index in [1.54, 1.807) is 17.0 Å². The lowest BCUT2D eigenvalue weighted by Gasteiger charge is -2.34. The van der Waals surface area contributed by atoms with E-state index < -0.39 is 0 Å². The Morgan fingerprint density at radius 2 is 1.79 bits per heavy atom. The number of nitrogens with zero attached hydrogens (tertiary/aromatic N) is 1. The van der Waals surface area contributed by atoms with Crippen molar-refractivity contribution in [3.8, 4) is 0 Å². The van der Waals surface area contributed by atoms with Gasteiger partial charge in [0.2, 0.25) is 5.91 Å². The average Bonchev–Trinajstić information content (AvgIpc) is 2.73. The third-order valence-electron chi connectivity index (χ3n) is 4.64. The number of carbonyl (C=O) groups is 1. The molecule has 0 radical (unpaired) electrons. The van der Waals surface area contributed by atoms with Crippen LogP contribution in [0.4, 0.5) is 10.1 Å². The monoisotopic (exact) mass is 262 g/mol. The van der Waals surface area contributed by atoms with Crippen LogP contribution in [0, 0.1) is 11.2 Å². The minimum Gasteiger partial charge on any atom is -0.328 e. The number of benzene rings is 1. The summed E-state index contributed by atoms with van der Waals surface area (Å²) >= 11 is 0. The zero-order chi connectivity index (χ0) is 13.5. The first-order valence-electron chi connectivity index (χ1n) is 6.94. The SMILES string of the molecule is NC1CCC2(CC1)CCN(c1ccc(F)cc1)C2=O. The van der Waals surface area contributed by atoms with E-state index in [0.717, 1.165) is 44.3 Å². The molecule has 4 heteroatoms. The van der Waals surface area contributed by atoms with E-state index in [2.05, 4.69) is 0 Å². The molecule has 1 saturated carbocycles. The summed E-state index contributed by atoms with van der Waals surface area (Å²) in [7, 11) is 0. The van der Waals surface area contributed by atoms with E-state index in [0.29, 0.717) is 0 Å². The molecule has 2 fully saturated rings. The molecule has 1 spiro atoms. The summed E-state index contributed by atoms with van der Waals surface area (Å²) in [4.78, 5) is 14.5. The molecule has 102 valence electrons. The van der Waals surface area contributed by atoms with E-state index in [-0.39, 0.29) is 23.2 Å². The summed E-state index contributed by atoms with van der Waals surface area (Å²) in [5, 5.41) is 0. The zero-order valence-corrected chi connectivity index (χ0v) is 10.9. The maximum atomic E-state index is 12.9. The Bertz CT molecular complexity index is 477. The van der Waals surface area contributed by atoms with Gasteiger partial charge in [0.1, 0.15) is 5.82 Å². The molecule has 1 saturated heterocycles. The first-order chi connectivity index (χ1) is 9.11. The molecule has 3 nitrogen and oxygen atoms in total. The van der Waals surface area contributed by atoms with Crippen molar-refractivity contribution in [2.45, 2.75) is 38.1 Å². The molecule has 0 unspecified atom stereocenters. The van der Waals surface area contributed by atoms with E-state index in [9.17, 15) is 9.18 Å². The Morgan fingerprint density at radius 3 is 2.42 bits per heavy atom. The van der Waals surface area contributed by atoms with Gasteiger partial charge in [-0.15, -0.1) is 0 Å². The number of hydrogen-bond donors (Lipinski definition) is 1. The van der Waals surface area contributed by atoms with Gasteiger partial charge in [0.15, 0.2) is 0 Å². The van der Waals surface area contributed by atoms with Crippen molar-refractivity contribution in [3.05, 3.63) is 30.1 Å². The predicted octanol–water partition coefficient (Wildman–Crippen LogP) is 2.45. The Hall–Kier alpha value is -1.42. The number of halogens is 1. The van der Waals surface area contributed by atoms with Gasteiger partial charge in [-0.25, -0.2) is 4.39 Å². The van der Waals surface area contributed by atoms with Crippen LogP contribution in [-0.2, 0) is 4.79 Å². The quantitative estimate of drug-likeness (QED) is 0.845. The van der Waals surface area contributed by atoms with Crippen molar-refractivity contribution in [2.24, 2.45) is 11.1 Å². The molecule has 1 amide bonds. The third-order valence-corrected chi connectivity index (χ3v) is 4.64. The van der Waals surface area contributed by atoms with Gasteiger partial charge < -0.3 is 10.6 Å². The largest absolute Gasteiger partial charge is 0.328 e. The number of amides is 1. The third kappa shape index (κ3) is 2.14. The summed E-state index contributed by atoms with van der Waals surface area (Å²) in [6.45, 7) is 0.736. The highest BCUT2D eigenvalue weighted by Gasteiger charge is 2.48. The summed E-state index contributed by atoms with van der Waals surface area (Å²) < 4.78 is 12.9. The maximum absolute atomic E-state index is 12.9. The van der Waals surface area contributed by atoms with E-state index in [1.807, 2.05) is 0 Å². The molecular weight excluding hydrogens is 243 g/mol. The molecule has 2 N–H and O–H groups in total. The van der Waals surface area contributed by atoms with Gasteiger partial charge in [0.05, 0.1) is 5.41 Å². The fourth-order valence-corrected chi connectivity index (χ4v) is 3.34. The van der Waals surface area contributed by atoms with Crippen molar-refractivity contribution >= 4 is 11.6 Å². The van der Waals surface area contributed by atoms with Crippen LogP contribution in [0.25, 0.3) is 0 Å². The molecule has 1 aromatic carbocycles. The van der Waals surface area contributed by atoms with Crippen molar-refractivity contribution in [2.75, 3.05) is 11.4 Å². The van der Waals surface area contributed by atoms with Gasteiger partial charge in [-0.3, -0.25) is 4.79 Å². The second-order valence-electron chi connectivity index (χ2n) is 5.80. The van der Waals surface area contributed by atoms with Crippen molar-refractivity contribution in [1.82, 2.24) is 0 Å². The molecule has 0 atom stereocenters. The Morgan fingerprint density at radius 1 is 1.16 bits per heavy atom. The molecule has 0 bridgehead atoms. The van der Waals surface area contributed by atoms with Crippen molar-refractivity contribution in [3.63, 3.8) is 0 Å². The predicted molar refractivity (Wildman–Crippen MR) is 72.2 cm³/mol. The van der Waals surface area contributed by atoms with Gasteiger partial charge in [-0.2, -0.15) is 0 Å². The number of carbonyl (C=O) groups excluding carboxylic acids is 1. The van der Waals surface area contributed by atoms with Crippen LogP contribution >= 0.6 is 0 Å². The van der Waals surface area contributed by atoms with Gasteiger partial charge >= 0.3 is 0 Å². The molecule has 1 heterocycles. The molecule has 1 aliphatic carbocycles. The van der Waals surface area contributed by atoms with Crippen molar-refractivity contribution < 1.29 is 9.18 Å². The van der Waals surface area contributed by atoms with Crippen LogP contribution in [0.3, 0.4) is 0 Å². The van der Waals surface area contributed by atoms with Gasteiger partial charge in [0.25, 0.3) is 0 Å². The standard InChI is InChI=1S/C15H19FN2O/c16-11-1-3-13(4-2-11)18-10-9-15(14(18)19)7-5-12(17)6-8-15/h1-4,12H,5-10,17H2. The topological polar surface area (TPSA) is 46.3 Å². The van der Waals surface area contributed by atoms with Crippen LogP contribution in [-0.4, -0.2) is 18.5 Å². The second-order valence-corrected chi connectivity index (χ2v) is 5.80.